The molecule has 2 aromatic rings. The number of piperazine rings is 1. The summed E-state index contributed by atoms with van der Waals surface area (Å²) in [7, 11) is 0. The molecule has 0 saturated carbocycles. The molecule has 13 heteroatoms. The average Bonchev–Trinajstić information content (AvgIpc) is 2.88. The Bertz CT molecular complexity index is 1060. The molecule has 3 N–H and O–H groups in total. The fraction of sp³-hybridized carbons (Fsp3) is 0.400. The van der Waals surface area contributed by atoms with E-state index in [4.69, 9.17) is 36.3 Å². The Kier molecular flexibility index (Phi) is 12.2. The van der Waals surface area contributed by atoms with Gasteiger partial charge in [-0.1, -0.05) is 11.6 Å². The third kappa shape index (κ3) is 10.5. The molecule has 0 unspecified atom stereocenters. The molecule has 1 fully saturated rings. The summed E-state index contributed by atoms with van der Waals surface area (Å²) in [4.78, 5) is 29.3. The number of rotatable bonds is 8. The lowest BCUT2D eigenvalue weighted by molar-refractivity contribution is -0.192. The first kappa shape index (κ1) is 30.7. The molecule has 0 spiro atoms. The number of aromatic carboxylic acids is 1. The molecule has 0 aromatic heterocycles. The zero-order valence-corrected chi connectivity index (χ0v) is 21.5. The molecule has 0 radical (unpaired) electrons. The van der Waals surface area contributed by atoms with Crippen LogP contribution in [0.3, 0.4) is 0 Å². The molecule has 2 aromatic carbocycles. The number of nitrogens with one attached hydrogen (secondary N) is 1. The van der Waals surface area contributed by atoms with Gasteiger partial charge in [0.05, 0.1) is 5.56 Å². The predicted molar refractivity (Wildman–Crippen MR) is 139 cm³/mol. The van der Waals surface area contributed by atoms with Crippen LogP contribution in [0.25, 0.3) is 0 Å². The molecular formula is C25H30ClF3N4O5. The van der Waals surface area contributed by atoms with Crippen molar-refractivity contribution in [2.45, 2.75) is 19.5 Å². The van der Waals surface area contributed by atoms with E-state index in [-0.39, 0.29) is 5.56 Å². The zero-order valence-electron chi connectivity index (χ0n) is 20.7. The maximum absolute atomic E-state index is 11.1. The van der Waals surface area contributed by atoms with Crippen LogP contribution in [0.5, 0.6) is 0 Å². The number of benzene rings is 2. The minimum atomic E-state index is -5.08. The van der Waals surface area contributed by atoms with Gasteiger partial charge < -0.3 is 30.1 Å². The largest absolute Gasteiger partial charge is 0.490 e. The van der Waals surface area contributed by atoms with Crippen LogP contribution in [0.15, 0.2) is 53.5 Å². The van der Waals surface area contributed by atoms with E-state index >= 15 is 0 Å². The number of aliphatic imine (C=N–C) groups is 1. The van der Waals surface area contributed by atoms with Gasteiger partial charge in [-0.2, -0.15) is 13.2 Å². The molecule has 9 nitrogen and oxygen atoms in total. The Balaban J connectivity index is 0.000000638. The summed E-state index contributed by atoms with van der Waals surface area (Å²) in [6.07, 6.45) is -4.23. The number of ether oxygens (including phenoxy) is 1. The Morgan fingerprint density at radius 2 is 1.61 bits per heavy atom. The molecule has 0 aliphatic carbocycles. The van der Waals surface area contributed by atoms with Crippen molar-refractivity contribution in [2.75, 3.05) is 56.2 Å². The smallest absolute Gasteiger partial charge is 0.478 e. The van der Waals surface area contributed by atoms with Crippen molar-refractivity contribution in [1.29, 1.82) is 0 Å². The number of anilines is 2. The Morgan fingerprint density at radius 3 is 2.11 bits per heavy atom. The summed E-state index contributed by atoms with van der Waals surface area (Å²) in [6.45, 7) is 7.44. The molecule has 38 heavy (non-hydrogen) atoms. The van der Waals surface area contributed by atoms with Gasteiger partial charge in [0.25, 0.3) is 0 Å². The standard InChI is InChI=1S/C23H29ClN4O3.C2HF3O2/c1-2-31-17-3-12-25-23(26-20-8-4-18(5-9-20)22(29)30)28-15-13-27(14-16-28)21-10-6-19(24)7-11-21;3-2(4,5)1(6)7/h4-11H,2-3,12-17H2,1H3,(H,25,26)(H,29,30);(H,6,7). The minimum Gasteiger partial charge on any atom is -0.478 e. The first-order valence-corrected chi connectivity index (χ1v) is 12.2. The minimum absolute atomic E-state index is 0.261. The van der Waals surface area contributed by atoms with E-state index in [1.54, 1.807) is 24.3 Å². The van der Waals surface area contributed by atoms with Crippen LogP contribution >= 0.6 is 11.6 Å². The fourth-order valence-electron chi connectivity index (χ4n) is 3.37. The monoisotopic (exact) mass is 558 g/mol. The van der Waals surface area contributed by atoms with Crippen LogP contribution in [0, 0.1) is 0 Å². The summed E-state index contributed by atoms with van der Waals surface area (Å²) < 4.78 is 37.1. The molecule has 0 bridgehead atoms. The van der Waals surface area contributed by atoms with E-state index in [1.165, 1.54) is 0 Å². The molecule has 1 saturated heterocycles. The Morgan fingerprint density at radius 1 is 1.03 bits per heavy atom. The molecule has 1 aliphatic heterocycles. The molecule has 208 valence electrons. The van der Waals surface area contributed by atoms with Gasteiger partial charge in [-0.05, 0) is 61.9 Å². The van der Waals surface area contributed by atoms with E-state index in [1.807, 2.05) is 31.2 Å². The number of nitrogens with zero attached hydrogens (tertiary/aromatic N) is 3. The van der Waals surface area contributed by atoms with Crippen molar-refractivity contribution in [3.05, 3.63) is 59.1 Å². The number of hydrogen-bond donors (Lipinski definition) is 3. The lowest BCUT2D eigenvalue weighted by Gasteiger charge is -2.37. The number of carbonyl (C=O) groups is 2. The van der Waals surface area contributed by atoms with Gasteiger partial charge in [0.15, 0.2) is 5.96 Å². The SMILES string of the molecule is CCOCCCN=C(Nc1ccc(C(=O)O)cc1)N1CCN(c2ccc(Cl)cc2)CC1.O=C(O)C(F)(F)F. The molecule has 1 aliphatic rings. The van der Waals surface area contributed by atoms with Gasteiger partial charge >= 0.3 is 18.1 Å². The van der Waals surface area contributed by atoms with E-state index < -0.39 is 18.1 Å². The summed E-state index contributed by atoms with van der Waals surface area (Å²) in [5.41, 5.74) is 2.24. The van der Waals surface area contributed by atoms with Gasteiger partial charge in [-0.3, -0.25) is 4.99 Å². The van der Waals surface area contributed by atoms with Crippen LogP contribution in [0.2, 0.25) is 5.02 Å². The highest BCUT2D eigenvalue weighted by molar-refractivity contribution is 6.30. The Labute approximate surface area is 223 Å². The van der Waals surface area contributed by atoms with Crippen molar-refractivity contribution < 1.29 is 37.7 Å². The highest BCUT2D eigenvalue weighted by Gasteiger charge is 2.38. The fourth-order valence-corrected chi connectivity index (χ4v) is 3.49. The van der Waals surface area contributed by atoms with Crippen LogP contribution in [0.4, 0.5) is 24.5 Å². The van der Waals surface area contributed by atoms with Crippen molar-refractivity contribution in [3.8, 4) is 0 Å². The number of hydrogen-bond acceptors (Lipinski definition) is 5. The van der Waals surface area contributed by atoms with Crippen molar-refractivity contribution >= 4 is 40.9 Å². The van der Waals surface area contributed by atoms with Crippen molar-refractivity contribution in [2.24, 2.45) is 4.99 Å². The normalized spacial score (nSPS) is 14.0. The number of aliphatic carboxylic acids is 1. The second kappa shape index (κ2) is 15.0. The lowest BCUT2D eigenvalue weighted by atomic mass is 10.2. The number of alkyl halides is 3. The van der Waals surface area contributed by atoms with Gasteiger partial charge in [0.1, 0.15) is 0 Å². The van der Waals surface area contributed by atoms with E-state index in [2.05, 4.69) is 15.1 Å². The summed E-state index contributed by atoms with van der Waals surface area (Å²) in [6, 6.07) is 14.6. The van der Waals surface area contributed by atoms with Crippen LogP contribution in [-0.4, -0.2) is 85.1 Å². The number of carboxylic acids is 2. The summed E-state index contributed by atoms with van der Waals surface area (Å²) >= 11 is 6.01. The third-order valence-corrected chi connectivity index (χ3v) is 5.57. The molecular weight excluding hydrogens is 529 g/mol. The molecule has 0 amide bonds. The predicted octanol–water partition coefficient (Wildman–Crippen LogP) is 4.69. The maximum atomic E-state index is 11.1. The molecule has 1 heterocycles. The third-order valence-electron chi connectivity index (χ3n) is 5.31. The topological polar surface area (TPSA) is 115 Å². The van der Waals surface area contributed by atoms with Crippen molar-refractivity contribution in [1.82, 2.24) is 4.90 Å². The molecule has 0 atom stereocenters. The first-order chi connectivity index (χ1) is 18.0. The Hall–Kier alpha value is -3.51. The van der Waals surface area contributed by atoms with Crippen molar-refractivity contribution in [3.63, 3.8) is 0 Å². The lowest BCUT2D eigenvalue weighted by Crippen LogP contribution is -2.50. The van der Waals surface area contributed by atoms with Crippen LogP contribution in [-0.2, 0) is 9.53 Å². The zero-order chi connectivity index (χ0) is 28.1. The number of carboxylic acid groups (broad SMARTS) is 2. The summed E-state index contributed by atoms with van der Waals surface area (Å²) in [5, 5.41) is 20.3. The highest BCUT2D eigenvalue weighted by Crippen LogP contribution is 2.20. The molecule has 3 rings (SSSR count). The van der Waals surface area contributed by atoms with Gasteiger partial charge in [-0.15, -0.1) is 0 Å². The second-order valence-electron chi connectivity index (χ2n) is 8.02. The van der Waals surface area contributed by atoms with Gasteiger partial charge in [0.2, 0.25) is 0 Å². The van der Waals surface area contributed by atoms with Gasteiger partial charge in [0, 0.05) is 62.3 Å². The highest BCUT2D eigenvalue weighted by atomic mass is 35.5. The quantitative estimate of drug-likeness (QED) is 0.243. The van der Waals surface area contributed by atoms with E-state index in [0.29, 0.717) is 19.8 Å². The van der Waals surface area contributed by atoms with Gasteiger partial charge in [-0.25, -0.2) is 9.59 Å². The van der Waals surface area contributed by atoms with Crippen LogP contribution < -0.4 is 10.2 Å². The van der Waals surface area contributed by atoms with E-state index in [9.17, 15) is 18.0 Å². The number of guanidine groups is 1. The van der Waals surface area contributed by atoms with E-state index in [0.717, 1.165) is 55.0 Å². The van der Waals surface area contributed by atoms with Crippen LogP contribution in [0.1, 0.15) is 23.7 Å². The second-order valence-corrected chi connectivity index (χ2v) is 8.45. The maximum Gasteiger partial charge on any atom is 0.490 e. The first-order valence-electron chi connectivity index (χ1n) is 11.8. The summed E-state index contributed by atoms with van der Waals surface area (Å²) in [5.74, 6) is -2.89. The number of halogens is 4. The average molecular weight is 559 g/mol.